The largest absolute Gasteiger partial charge is 0.396 e. The fourth-order valence-electron chi connectivity index (χ4n) is 2.11. The van der Waals surface area contributed by atoms with Crippen LogP contribution in [0.1, 0.15) is 12.8 Å². The number of hydrogen-bond acceptors (Lipinski definition) is 5. The molecule has 0 spiro atoms. The van der Waals surface area contributed by atoms with Crippen LogP contribution in [0.5, 0.6) is 0 Å². The van der Waals surface area contributed by atoms with Crippen molar-refractivity contribution in [3.8, 4) is 0 Å². The first-order chi connectivity index (χ1) is 8.65. The Bertz CT molecular complexity index is 422. The fraction of sp³-hybridized carbons (Fsp3) is 0.545. The number of hydrogen-bond donors (Lipinski definition) is 3. The number of pyridine rings is 1. The molecule has 1 aliphatic rings. The number of rotatable bonds is 3. The molecule has 2 rings (SSSR count). The van der Waals surface area contributed by atoms with E-state index in [1.165, 1.54) is 0 Å². The molecule has 0 radical (unpaired) electrons. The first-order valence-electron chi connectivity index (χ1n) is 5.84. The second-order valence-corrected chi connectivity index (χ2v) is 5.20. The van der Waals surface area contributed by atoms with Gasteiger partial charge < -0.3 is 15.4 Å². The molecule has 2 heterocycles. The van der Waals surface area contributed by atoms with Gasteiger partial charge in [-0.1, -0.05) is 23.2 Å². The Kier molecular flexibility index (Phi) is 4.50. The number of nitrogen functional groups attached to an aromatic ring is 1. The van der Waals surface area contributed by atoms with Crippen molar-refractivity contribution in [2.45, 2.75) is 12.8 Å². The zero-order valence-corrected chi connectivity index (χ0v) is 11.4. The van der Waals surface area contributed by atoms with Gasteiger partial charge in [0.1, 0.15) is 5.82 Å². The molecule has 0 unspecified atom stereocenters. The minimum absolute atomic E-state index is 0.241. The van der Waals surface area contributed by atoms with E-state index in [1.807, 2.05) is 0 Å². The highest BCUT2D eigenvalue weighted by Crippen LogP contribution is 2.33. The van der Waals surface area contributed by atoms with E-state index >= 15 is 0 Å². The van der Waals surface area contributed by atoms with Crippen molar-refractivity contribution in [2.75, 3.05) is 30.0 Å². The van der Waals surface area contributed by atoms with E-state index in [1.54, 1.807) is 6.07 Å². The second kappa shape index (κ2) is 5.93. The van der Waals surface area contributed by atoms with Gasteiger partial charge in [-0.25, -0.2) is 10.8 Å². The molecule has 0 aromatic carbocycles. The van der Waals surface area contributed by atoms with Gasteiger partial charge in [0.25, 0.3) is 0 Å². The van der Waals surface area contributed by atoms with Crippen LogP contribution in [0, 0.1) is 5.92 Å². The maximum atomic E-state index is 9.12. The third-order valence-electron chi connectivity index (χ3n) is 3.22. The van der Waals surface area contributed by atoms with Crippen molar-refractivity contribution in [2.24, 2.45) is 11.8 Å². The summed E-state index contributed by atoms with van der Waals surface area (Å²) in [6.07, 6.45) is 1.87. The molecule has 0 amide bonds. The molecular weight excluding hydrogens is 275 g/mol. The van der Waals surface area contributed by atoms with Crippen LogP contribution in [0.15, 0.2) is 6.07 Å². The molecule has 0 saturated carbocycles. The van der Waals surface area contributed by atoms with Crippen molar-refractivity contribution in [1.29, 1.82) is 0 Å². The Hall–Kier alpha value is -0.750. The van der Waals surface area contributed by atoms with E-state index in [0.717, 1.165) is 25.9 Å². The molecule has 0 atom stereocenters. The van der Waals surface area contributed by atoms with Crippen LogP contribution in [-0.2, 0) is 0 Å². The predicted octanol–water partition coefficient (Wildman–Crippen LogP) is 1.88. The molecule has 0 bridgehead atoms. The van der Waals surface area contributed by atoms with Crippen LogP contribution in [0.2, 0.25) is 10.0 Å². The highest BCUT2D eigenvalue weighted by atomic mass is 35.5. The molecule has 18 heavy (non-hydrogen) atoms. The van der Waals surface area contributed by atoms with Crippen LogP contribution >= 0.6 is 23.2 Å². The number of piperidine rings is 1. The minimum atomic E-state index is 0.241. The van der Waals surface area contributed by atoms with Gasteiger partial charge in [-0.15, -0.1) is 0 Å². The molecular formula is C11H16Cl2N4O. The fourth-order valence-corrected chi connectivity index (χ4v) is 2.64. The van der Waals surface area contributed by atoms with Gasteiger partial charge in [-0.05, 0) is 24.8 Å². The van der Waals surface area contributed by atoms with Gasteiger partial charge in [-0.3, -0.25) is 0 Å². The SMILES string of the molecule is NNc1nc(N2CCC(CO)CC2)c(Cl)cc1Cl. The van der Waals surface area contributed by atoms with Gasteiger partial charge in [0, 0.05) is 19.7 Å². The van der Waals surface area contributed by atoms with Gasteiger partial charge >= 0.3 is 0 Å². The number of halogens is 2. The maximum Gasteiger partial charge on any atom is 0.161 e. The van der Waals surface area contributed by atoms with E-state index in [2.05, 4.69) is 15.3 Å². The van der Waals surface area contributed by atoms with Crippen molar-refractivity contribution >= 4 is 34.8 Å². The summed E-state index contributed by atoms with van der Waals surface area (Å²) in [4.78, 5) is 6.42. The zero-order chi connectivity index (χ0) is 13.1. The number of nitrogens with zero attached hydrogens (tertiary/aromatic N) is 2. The maximum absolute atomic E-state index is 9.12. The van der Waals surface area contributed by atoms with E-state index in [-0.39, 0.29) is 6.61 Å². The van der Waals surface area contributed by atoms with Crippen LogP contribution in [0.25, 0.3) is 0 Å². The summed E-state index contributed by atoms with van der Waals surface area (Å²) in [6.45, 7) is 1.89. The summed E-state index contributed by atoms with van der Waals surface area (Å²) in [7, 11) is 0. The third kappa shape index (κ3) is 2.80. The van der Waals surface area contributed by atoms with Crippen molar-refractivity contribution in [3.05, 3.63) is 16.1 Å². The zero-order valence-electron chi connectivity index (χ0n) is 9.87. The number of hydrazine groups is 1. The standard InChI is InChI=1S/C11H16Cl2N4O/c12-8-5-9(13)11(15-10(8)16-14)17-3-1-7(6-18)2-4-17/h5,7,18H,1-4,6,14H2,(H,15,16). The molecule has 0 aliphatic carbocycles. The van der Waals surface area contributed by atoms with Gasteiger partial charge in [-0.2, -0.15) is 0 Å². The second-order valence-electron chi connectivity index (χ2n) is 4.38. The van der Waals surface area contributed by atoms with Crippen molar-refractivity contribution < 1.29 is 5.11 Å². The first-order valence-corrected chi connectivity index (χ1v) is 6.59. The summed E-state index contributed by atoms with van der Waals surface area (Å²) in [5.41, 5.74) is 2.45. The highest BCUT2D eigenvalue weighted by molar-refractivity contribution is 6.37. The van der Waals surface area contributed by atoms with E-state index in [4.69, 9.17) is 34.2 Å². The van der Waals surface area contributed by atoms with Gasteiger partial charge in [0.2, 0.25) is 0 Å². The lowest BCUT2D eigenvalue weighted by atomic mass is 9.98. The molecule has 1 aliphatic heterocycles. The summed E-state index contributed by atoms with van der Waals surface area (Å²) in [5.74, 6) is 6.83. The number of aliphatic hydroxyl groups is 1. The number of nitrogens with one attached hydrogen (secondary N) is 1. The Morgan fingerprint density at radius 2 is 2.06 bits per heavy atom. The highest BCUT2D eigenvalue weighted by Gasteiger charge is 2.22. The van der Waals surface area contributed by atoms with Gasteiger partial charge in [0.05, 0.1) is 10.0 Å². The van der Waals surface area contributed by atoms with Crippen LogP contribution in [0.4, 0.5) is 11.6 Å². The number of aromatic nitrogens is 1. The van der Waals surface area contributed by atoms with Crippen molar-refractivity contribution in [3.63, 3.8) is 0 Å². The average Bonchev–Trinajstić information content (AvgIpc) is 2.39. The predicted molar refractivity (Wildman–Crippen MR) is 74.1 cm³/mol. The quantitative estimate of drug-likeness (QED) is 0.586. The number of nitrogens with two attached hydrogens (primary N) is 1. The van der Waals surface area contributed by atoms with E-state index < -0.39 is 0 Å². The number of aliphatic hydroxyl groups excluding tert-OH is 1. The molecule has 5 nitrogen and oxygen atoms in total. The first kappa shape index (κ1) is 13.7. The molecule has 7 heteroatoms. The summed E-state index contributed by atoms with van der Waals surface area (Å²) >= 11 is 12.1. The summed E-state index contributed by atoms with van der Waals surface area (Å²) in [6, 6.07) is 1.64. The Labute approximate surface area is 116 Å². The Balaban J connectivity index is 2.18. The minimum Gasteiger partial charge on any atom is -0.396 e. The third-order valence-corrected chi connectivity index (χ3v) is 3.79. The summed E-state index contributed by atoms with van der Waals surface area (Å²) < 4.78 is 0. The topological polar surface area (TPSA) is 74.4 Å². The van der Waals surface area contributed by atoms with E-state index in [9.17, 15) is 0 Å². The Morgan fingerprint density at radius 3 is 2.61 bits per heavy atom. The molecule has 1 saturated heterocycles. The van der Waals surface area contributed by atoms with Crippen LogP contribution in [0.3, 0.4) is 0 Å². The number of anilines is 2. The normalized spacial score (nSPS) is 17.0. The van der Waals surface area contributed by atoms with E-state index in [0.29, 0.717) is 27.6 Å². The van der Waals surface area contributed by atoms with Crippen molar-refractivity contribution in [1.82, 2.24) is 4.98 Å². The molecule has 100 valence electrons. The lowest BCUT2D eigenvalue weighted by molar-refractivity contribution is 0.203. The lowest BCUT2D eigenvalue weighted by Gasteiger charge is -2.32. The lowest BCUT2D eigenvalue weighted by Crippen LogP contribution is -2.35. The van der Waals surface area contributed by atoms with Gasteiger partial charge in [0.15, 0.2) is 5.82 Å². The molecule has 1 aromatic rings. The monoisotopic (exact) mass is 290 g/mol. The Morgan fingerprint density at radius 1 is 1.39 bits per heavy atom. The molecule has 1 fully saturated rings. The molecule has 1 aromatic heterocycles. The summed E-state index contributed by atoms with van der Waals surface area (Å²) in [5, 5.41) is 10.0. The smallest absolute Gasteiger partial charge is 0.161 e. The van der Waals surface area contributed by atoms with Crippen LogP contribution < -0.4 is 16.2 Å². The molecule has 4 N–H and O–H groups in total. The van der Waals surface area contributed by atoms with Crippen LogP contribution in [-0.4, -0.2) is 29.8 Å². The average molecular weight is 291 g/mol.